The van der Waals surface area contributed by atoms with Crippen molar-refractivity contribution in [3.8, 4) is 0 Å². The van der Waals surface area contributed by atoms with E-state index in [0.717, 1.165) is 24.4 Å². The minimum absolute atomic E-state index is 0.0344. The number of carbonyl (C=O) groups is 1. The van der Waals surface area contributed by atoms with Gasteiger partial charge < -0.3 is 9.84 Å². The predicted octanol–water partition coefficient (Wildman–Crippen LogP) is 2.50. The molecule has 1 heterocycles. The topological polar surface area (TPSA) is 49.8 Å². The highest BCUT2D eigenvalue weighted by atomic mass is 35.5. The number of rotatable bonds is 3. The molecule has 0 spiro atoms. The molecule has 3 rings (SSSR count). The predicted molar refractivity (Wildman–Crippen MR) is 76.1 cm³/mol. The summed E-state index contributed by atoms with van der Waals surface area (Å²) in [6.07, 6.45) is 2.18. The van der Waals surface area contributed by atoms with Gasteiger partial charge in [0.15, 0.2) is 0 Å². The van der Waals surface area contributed by atoms with E-state index >= 15 is 0 Å². The molecule has 1 aliphatic heterocycles. The van der Waals surface area contributed by atoms with Gasteiger partial charge in [0.1, 0.15) is 0 Å². The number of morpholine rings is 1. The lowest BCUT2D eigenvalue weighted by atomic mass is 10.0. The number of ether oxygens (including phenoxy) is 1. The zero-order valence-corrected chi connectivity index (χ0v) is 12.0. The molecule has 4 nitrogen and oxygen atoms in total. The zero-order chi connectivity index (χ0) is 14.1. The van der Waals surface area contributed by atoms with Crippen LogP contribution < -0.4 is 0 Å². The van der Waals surface area contributed by atoms with E-state index in [1.807, 2.05) is 12.1 Å². The molecule has 1 fully saturated rings. The Morgan fingerprint density at radius 3 is 3.15 bits per heavy atom. The van der Waals surface area contributed by atoms with E-state index in [1.165, 1.54) is 11.1 Å². The second-order valence-electron chi connectivity index (χ2n) is 5.46. The lowest BCUT2D eigenvalue weighted by molar-refractivity contribution is -0.141. The molecule has 0 bridgehead atoms. The highest BCUT2D eigenvalue weighted by Crippen LogP contribution is 2.38. The van der Waals surface area contributed by atoms with E-state index in [-0.39, 0.29) is 12.5 Å². The first-order chi connectivity index (χ1) is 9.65. The van der Waals surface area contributed by atoms with Crippen molar-refractivity contribution in [2.24, 2.45) is 0 Å². The van der Waals surface area contributed by atoms with E-state index in [1.54, 1.807) is 0 Å². The molecule has 1 aliphatic carbocycles. The Bertz CT molecular complexity index is 520. The van der Waals surface area contributed by atoms with Crippen LogP contribution in [0.2, 0.25) is 5.02 Å². The number of nitrogens with zero attached hydrogens (tertiary/aromatic N) is 1. The Kier molecular flexibility index (Phi) is 3.96. The molecule has 108 valence electrons. The van der Waals surface area contributed by atoms with Crippen molar-refractivity contribution < 1.29 is 14.6 Å². The zero-order valence-electron chi connectivity index (χ0n) is 11.2. The molecule has 0 saturated carbocycles. The number of hydrogen-bond donors (Lipinski definition) is 1. The standard InChI is InChI=1S/C15H18ClNO3/c16-11-2-3-13-10(7-11)1-4-14(13)17-5-6-20-9-12(17)8-15(18)19/h2-3,7,12,14H,1,4-6,8-9H2,(H,18,19). The maximum absolute atomic E-state index is 11.0. The van der Waals surface area contributed by atoms with Crippen molar-refractivity contribution in [2.75, 3.05) is 19.8 Å². The Morgan fingerprint density at radius 2 is 2.35 bits per heavy atom. The third kappa shape index (κ3) is 2.68. The minimum atomic E-state index is -0.764. The van der Waals surface area contributed by atoms with Crippen LogP contribution in [0, 0.1) is 0 Å². The van der Waals surface area contributed by atoms with E-state index in [2.05, 4.69) is 11.0 Å². The summed E-state index contributed by atoms with van der Waals surface area (Å²) in [5.74, 6) is -0.764. The Hall–Kier alpha value is -1.10. The molecule has 2 unspecified atom stereocenters. The number of halogens is 1. The smallest absolute Gasteiger partial charge is 0.305 e. The molecule has 0 radical (unpaired) electrons. The Morgan fingerprint density at radius 1 is 1.50 bits per heavy atom. The van der Waals surface area contributed by atoms with Gasteiger partial charge in [0.05, 0.1) is 19.6 Å². The van der Waals surface area contributed by atoms with Gasteiger partial charge in [0.2, 0.25) is 0 Å². The van der Waals surface area contributed by atoms with Crippen molar-refractivity contribution >= 4 is 17.6 Å². The van der Waals surface area contributed by atoms with Gasteiger partial charge in [-0.3, -0.25) is 9.69 Å². The van der Waals surface area contributed by atoms with Gasteiger partial charge in [-0.15, -0.1) is 0 Å². The molecular formula is C15H18ClNO3. The monoisotopic (exact) mass is 295 g/mol. The third-order valence-electron chi connectivity index (χ3n) is 4.23. The van der Waals surface area contributed by atoms with E-state index in [9.17, 15) is 4.79 Å². The fourth-order valence-corrected chi connectivity index (χ4v) is 3.56. The molecular weight excluding hydrogens is 278 g/mol. The molecule has 2 atom stereocenters. The van der Waals surface area contributed by atoms with Crippen LogP contribution in [0.25, 0.3) is 0 Å². The van der Waals surface area contributed by atoms with Crippen molar-refractivity contribution in [1.29, 1.82) is 0 Å². The van der Waals surface area contributed by atoms with Gasteiger partial charge in [-0.05, 0) is 36.1 Å². The van der Waals surface area contributed by atoms with Crippen LogP contribution in [0.1, 0.15) is 30.0 Å². The van der Waals surface area contributed by atoms with Gasteiger partial charge >= 0.3 is 5.97 Å². The first-order valence-electron chi connectivity index (χ1n) is 6.99. The SMILES string of the molecule is O=C(O)CC1COCCN1C1CCc2cc(Cl)ccc21. The van der Waals surface area contributed by atoms with Crippen molar-refractivity contribution in [2.45, 2.75) is 31.3 Å². The molecule has 1 aromatic carbocycles. The first-order valence-corrected chi connectivity index (χ1v) is 7.36. The fourth-order valence-electron chi connectivity index (χ4n) is 3.36. The van der Waals surface area contributed by atoms with Crippen LogP contribution in [-0.4, -0.2) is 41.8 Å². The second-order valence-corrected chi connectivity index (χ2v) is 5.90. The minimum Gasteiger partial charge on any atom is -0.481 e. The van der Waals surface area contributed by atoms with Crippen LogP contribution in [0.3, 0.4) is 0 Å². The summed E-state index contributed by atoms with van der Waals surface area (Å²) in [6.45, 7) is 1.98. The molecule has 5 heteroatoms. The summed E-state index contributed by atoms with van der Waals surface area (Å²) in [4.78, 5) is 13.3. The number of hydrogen-bond acceptors (Lipinski definition) is 3. The largest absolute Gasteiger partial charge is 0.481 e. The summed E-state index contributed by atoms with van der Waals surface area (Å²) >= 11 is 6.04. The van der Waals surface area contributed by atoms with Gasteiger partial charge in [-0.2, -0.15) is 0 Å². The van der Waals surface area contributed by atoms with Crippen molar-refractivity contribution in [3.63, 3.8) is 0 Å². The van der Waals surface area contributed by atoms with Gasteiger partial charge in [-0.25, -0.2) is 0 Å². The highest BCUT2D eigenvalue weighted by molar-refractivity contribution is 6.30. The lowest BCUT2D eigenvalue weighted by Gasteiger charge is -2.39. The number of carboxylic acid groups (broad SMARTS) is 1. The number of carboxylic acids is 1. The number of fused-ring (bicyclic) bond motifs is 1. The van der Waals surface area contributed by atoms with E-state index in [4.69, 9.17) is 21.4 Å². The summed E-state index contributed by atoms with van der Waals surface area (Å²) in [5, 5.41) is 9.83. The third-order valence-corrected chi connectivity index (χ3v) is 4.47. The van der Waals surface area contributed by atoms with Crippen molar-refractivity contribution in [1.82, 2.24) is 4.90 Å². The maximum Gasteiger partial charge on any atom is 0.305 e. The van der Waals surface area contributed by atoms with Gasteiger partial charge in [0.25, 0.3) is 0 Å². The second kappa shape index (κ2) is 5.72. The lowest BCUT2D eigenvalue weighted by Crippen LogP contribution is -2.47. The number of aryl methyl sites for hydroxylation is 1. The molecule has 0 amide bonds. The van der Waals surface area contributed by atoms with Crippen LogP contribution in [0.5, 0.6) is 0 Å². The van der Waals surface area contributed by atoms with Crippen LogP contribution in [-0.2, 0) is 16.0 Å². The highest BCUT2D eigenvalue weighted by Gasteiger charge is 2.35. The maximum atomic E-state index is 11.0. The molecule has 1 aromatic rings. The first kappa shape index (κ1) is 13.9. The van der Waals surface area contributed by atoms with Gasteiger partial charge in [-0.1, -0.05) is 17.7 Å². The summed E-state index contributed by atoms with van der Waals surface area (Å²) < 4.78 is 5.45. The molecule has 1 saturated heterocycles. The van der Waals surface area contributed by atoms with Crippen LogP contribution in [0.4, 0.5) is 0 Å². The fraction of sp³-hybridized carbons (Fsp3) is 0.533. The van der Waals surface area contributed by atoms with Crippen LogP contribution in [0.15, 0.2) is 18.2 Å². The molecule has 1 N–H and O–H groups in total. The summed E-state index contributed by atoms with van der Waals surface area (Å²) in [7, 11) is 0. The van der Waals surface area contributed by atoms with E-state index in [0.29, 0.717) is 19.3 Å². The molecule has 20 heavy (non-hydrogen) atoms. The average Bonchev–Trinajstić information content (AvgIpc) is 2.81. The quantitative estimate of drug-likeness (QED) is 0.931. The number of aliphatic carboxylic acids is 1. The Labute approximate surface area is 123 Å². The van der Waals surface area contributed by atoms with E-state index < -0.39 is 5.97 Å². The number of benzene rings is 1. The molecule has 0 aromatic heterocycles. The average molecular weight is 296 g/mol. The molecule has 2 aliphatic rings. The summed E-state index contributed by atoms with van der Waals surface area (Å²) in [6, 6.07) is 6.31. The Balaban J connectivity index is 1.83. The normalized spacial score (nSPS) is 26.4. The van der Waals surface area contributed by atoms with Crippen molar-refractivity contribution in [3.05, 3.63) is 34.3 Å². The summed E-state index contributed by atoms with van der Waals surface area (Å²) in [5.41, 5.74) is 2.59. The van der Waals surface area contributed by atoms with Gasteiger partial charge in [0, 0.05) is 23.7 Å². The van der Waals surface area contributed by atoms with Crippen LogP contribution >= 0.6 is 11.6 Å².